The molecule has 2 rings (SSSR count). The van der Waals surface area contributed by atoms with Crippen LogP contribution in [0.15, 0.2) is 30.3 Å². The van der Waals surface area contributed by atoms with Crippen molar-refractivity contribution in [3.8, 4) is 0 Å². The van der Waals surface area contributed by atoms with E-state index in [9.17, 15) is 9.59 Å². The molecule has 1 saturated carbocycles. The van der Waals surface area contributed by atoms with Crippen molar-refractivity contribution in [3.63, 3.8) is 0 Å². The number of carbonyl (C=O) groups excluding carboxylic acids is 1. The third kappa shape index (κ3) is 3.71. The molecule has 1 aliphatic rings. The van der Waals surface area contributed by atoms with Gasteiger partial charge in [-0.15, -0.1) is 0 Å². The molecule has 5 heteroatoms. The summed E-state index contributed by atoms with van der Waals surface area (Å²) in [7, 11) is 0. The first-order chi connectivity index (χ1) is 9.16. The van der Waals surface area contributed by atoms with E-state index in [0.717, 1.165) is 19.3 Å². The predicted molar refractivity (Wildman–Crippen MR) is 72.0 cm³/mol. The van der Waals surface area contributed by atoms with Crippen molar-refractivity contribution in [1.29, 1.82) is 0 Å². The standard InChI is InChI=1S/C14H18N2O3/c17-13(18)11-8-4-5-9-12(11)16-14(19)15-10-6-2-1-3-7-10/h1-3,6-7,11-12H,4-5,8-9H2,(H,17,18)(H2,15,16,19). The van der Waals surface area contributed by atoms with Crippen molar-refractivity contribution in [2.45, 2.75) is 31.7 Å². The summed E-state index contributed by atoms with van der Waals surface area (Å²) in [6.45, 7) is 0. The number of nitrogens with one attached hydrogen (secondary N) is 2. The normalized spacial score (nSPS) is 22.5. The first-order valence-corrected chi connectivity index (χ1v) is 6.52. The van der Waals surface area contributed by atoms with Crippen LogP contribution in [0.25, 0.3) is 0 Å². The quantitative estimate of drug-likeness (QED) is 0.783. The molecular formula is C14H18N2O3. The zero-order valence-corrected chi connectivity index (χ0v) is 10.6. The second-order valence-electron chi connectivity index (χ2n) is 4.80. The van der Waals surface area contributed by atoms with E-state index >= 15 is 0 Å². The largest absolute Gasteiger partial charge is 0.481 e. The summed E-state index contributed by atoms with van der Waals surface area (Å²) in [5, 5.41) is 14.6. The molecule has 0 saturated heterocycles. The van der Waals surface area contributed by atoms with Gasteiger partial charge in [-0.3, -0.25) is 4.79 Å². The van der Waals surface area contributed by atoms with Gasteiger partial charge in [-0.1, -0.05) is 31.0 Å². The molecule has 1 aromatic rings. The van der Waals surface area contributed by atoms with Crippen molar-refractivity contribution >= 4 is 17.7 Å². The number of carboxylic acids is 1. The summed E-state index contributed by atoms with van der Waals surface area (Å²) in [5.74, 6) is -1.31. The Bertz CT molecular complexity index is 447. The lowest BCUT2D eigenvalue weighted by molar-refractivity contribution is -0.143. The minimum absolute atomic E-state index is 0.282. The lowest BCUT2D eigenvalue weighted by Gasteiger charge is -2.29. The van der Waals surface area contributed by atoms with Gasteiger partial charge in [0, 0.05) is 11.7 Å². The number of anilines is 1. The molecule has 102 valence electrons. The van der Waals surface area contributed by atoms with Crippen LogP contribution in [0.4, 0.5) is 10.5 Å². The number of carbonyl (C=O) groups is 2. The molecule has 0 spiro atoms. The summed E-state index contributed by atoms with van der Waals surface area (Å²) in [6, 6.07) is 8.47. The van der Waals surface area contributed by atoms with E-state index in [1.807, 2.05) is 18.2 Å². The molecule has 0 aromatic heterocycles. The number of aliphatic carboxylic acids is 1. The van der Waals surface area contributed by atoms with Gasteiger partial charge in [-0.25, -0.2) is 4.79 Å². The Morgan fingerprint density at radius 2 is 1.79 bits per heavy atom. The van der Waals surface area contributed by atoms with Crippen LogP contribution < -0.4 is 10.6 Å². The van der Waals surface area contributed by atoms with Gasteiger partial charge in [-0.2, -0.15) is 0 Å². The minimum atomic E-state index is -0.829. The van der Waals surface area contributed by atoms with Gasteiger partial charge in [0.05, 0.1) is 5.92 Å². The van der Waals surface area contributed by atoms with Crippen LogP contribution in [0.1, 0.15) is 25.7 Å². The first kappa shape index (κ1) is 13.4. The number of hydrogen-bond acceptors (Lipinski definition) is 2. The van der Waals surface area contributed by atoms with Crippen molar-refractivity contribution in [2.75, 3.05) is 5.32 Å². The summed E-state index contributed by atoms with van der Waals surface area (Å²) in [6.07, 6.45) is 3.22. The highest BCUT2D eigenvalue weighted by atomic mass is 16.4. The van der Waals surface area contributed by atoms with Crippen molar-refractivity contribution in [1.82, 2.24) is 5.32 Å². The number of benzene rings is 1. The fourth-order valence-electron chi connectivity index (χ4n) is 2.46. The predicted octanol–water partition coefficient (Wildman–Crippen LogP) is 2.45. The molecule has 0 bridgehead atoms. The number of urea groups is 1. The second-order valence-corrected chi connectivity index (χ2v) is 4.80. The zero-order valence-electron chi connectivity index (χ0n) is 10.6. The number of para-hydroxylation sites is 1. The molecule has 5 nitrogen and oxygen atoms in total. The Morgan fingerprint density at radius 1 is 1.11 bits per heavy atom. The van der Waals surface area contributed by atoms with Crippen molar-refractivity contribution in [2.24, 2.45) is 5.92 Å². The van der Waals surface area contributed by atoms with Gasteiger partial charge in [0.2, 0.25) is 0 Å². The summed E-state index contributed by atoms with van der Waals surface area (Å²) < 4.78 is 0. The molecule has 2 amide bonds. The summed E-state index contributed by atoms with van der Waals surface area (Å²) in [4.78, 5) is 23.0. The van der Waals surface area contributed by atoms with Crippen LogP contribution in [0.2, 0.25) is 0 Å². The highest BCUT2D eigenvalue weighted by Crippen LogP contribution is 2.24. The van der Waals surface area contributed by atoms with Crippen LogP contribution in [0.3, 0.4) is 0 Å². The monoisotopic (exact) mass is 262 g/mol. The maximum absolute atomic E-state index is 11.8. The van der Waals surface area contributed by atoms with Crippen LogP contribution in [0, 0.1) is 5.92 Å². The van der Waals surface area contributed by atoms with E-state index in [1.54, 1.807) is 12.1 Å². The Morgan fingerprint density at radius 3 is 2.47 bits per heavy atom. The van der Waals surface area contributed by atoms with E-state index in [2.05, 4.69) is 10.6 Å². The average molecular weight is 262 g/mol. The topological polar surface area (TPSA) is 78.4 Å². The molecular weight excluding hydrogens is 244 g/mol. The smallest absolute Gasteiger partial charge is 0.319 e. The van der Waals surface area contributed by atoms with E-state index in [1.165, 1.54) is 0 Å². The third-order valence-electron chi connectivity index (χ3n) is 3.43. The van der Waals surface area contributed by atoms with Crippen LogP contribution in [-0.2, 0) is 4.79 Å². The summed E-state index contributed by atoms with van der Waals surface area (Å²) in [5.41, 5.74) is 0.697. The van der Waals surface area contributed by atoms with E-state index in [4.69, 9.17) is 5.11 Å². The molecule has 0 aliphatic heterocycles. The molecule has 1 aliphatic carbocycles. The Labute approximate surface area is 112 Å². The van der Waals surface area contributed by atoms with Crippen LogP contribution in [-0.4, -0.2) is 23.1 Å². The Hall–Kier alpha value is -2.04. The number of carboxylic acid groups (broad SMARTS) is 1. The van der Waals surface area contributed by atoms with Gasteiger partial charge in [0.15, 0.2) is 0 Å². The molecule has 1 fully saturated rings. The molecule has 2 unspecified atom stereocenters. The van der Waals surface area contributed by atoms with E-state index < -0.39 is 11.9 Å². The molecule has 1 aromatic carbocycles. The summed E-state index contributed by atoms with van der Waals surface area (Å²) >= 11 is 0. The van der Waals surface area contributed by atoms with Gasteiger partial charge < -0.3 is 15.7 Å². The highest BCUT2D eigenvalue weighted by molar-refractivity contribution is 5.89. The Kier molecular flexibility index (Phi) is 4.39. The van der Waals surface area contributed by atoms with Gasteiger partial charge in [0.25, 0.3) is 0 Å². The van der Waals surface area contributed by atoms with E-state index in [0.29, 0.717) is 12.1 Å². The number of rotatable bonds is 3. The Balaban J connectivity index is 1.92. The maximum atomic E-state index is 11.8. The number of hydrogen-bond donors (Lipinski definition) is 3. The van der Waals surface area contributed by atoms with Gasteiger partial charge >= 0.3 is 12.0 Å². The molecule has 3 N–H and O–H groups in total. The maximum Gasteiger partial charge on any atom is 0.319 e. The number of amides is 2. The minimum Gasteiger partial charge on any atom is -0.481 e. The van der Waals surface area contributed by atoms with Crippen molar-refractivity contribution in [3.05, 3.63) is 30.3 Å². The second kappa shape index (κ2) is 6.22. The zero-order chi connectivity index (χ0) is 13.7. The molecule has 19 heavy (non-hydrogen) atoms. The lowest BCUT2D eigenvalue weighted by atomic mass is 9.84. The van der Waals surface area contributed by atoms with Crippen LogP contribution >= 0.6 is 0 Å². The third-order valence-corrected chi connectivity index (χ3v) is 3.43. The molecule has 0 radical (unpaired) electrons. The van der Waals surface area contributed by atoms with Gasteiger partial charge in [0.1, 0.15) is 0 Å². The van der Waals surface area contributed by atoms with Gasteiger partial charge in [-0.05, 0) is 25.0 Å². The SMILES string of the molecule is O=C(Nc1ccccc1)NC1CCCCC1C(=O)O. The van der Waals surface area contributed by atoms with Crippen molar-refractivity contribution < 1.29 is 14.7 Å². The highest BCUT2D eigenvalue weighted by Gasteiger charge is 2.31. The molecule has 2 atom stereocenters. The fraction of sp³-hybridized carbons (Fsp3) is 0.429. The molecule has 0 heterocycles. The lowest BCUT2D eigenvalue weighted by Crippen LogP contribution is -2.46. The fourth-order valence-corrected chi connectivity index (χ4v) is 2.46. The van der Waals surface area contributed by atoms with E-state index in [-0.39, 0.29) is 12.1 Å². The van der Waals surface area contributed by atoms with Crippen LogP contribution in [0.5, 0.6) is 0 Å². The average Bonchev–Trinajstić information content (AvgIpc) is 2.40. The first-order valence-electron chi connectivity index (χ1n) is 6.52.